The van der Waals surface area contributed by atoms with Crippen LogP contribution in [0.5, 0.6) is 0 Å². The lowest BCUT2D eigenvalue weighted by Gasteiger charge is -2.34. The SMILES string of the molecule is Cc1ccc(C2(c3ccc(C)cc3)c3ccccc3-c3c(-c4nc(-c5ccc(-c6ccccc6)cc5)nc(-c5ccc(-c6ccc7sc8ccccc8c7c6)cc5)n4)cccc32)cc1. The molecule has 0 spiro atoms. The van der Waals surface area contributed by atoms with Crippen LogP contribution in [0, 0.1) is 13.8 Å². The van der Waals surface area contributed by atoms with Crippen molar-refractivity contribution in [3.8, 4) is 67.5 Å². The molecular formula is C60H41N3S. The minimum absolute atomic E-state index is 0.552. The van der Waals surface area contributed by atoms with Crippen molar-refractivity contribution < 1.29 is 0 Å². The molecule has 12 rings (SSSR count). The van der Waals surface area contributed by atoms with Crippen molar-refractivity contribution in [3.05, 3.63) is 246 Å². The van der Waals surface area contributed by atoms with Gasteiger partial charge in [0.15, 0.2) is 17.5 Å². The molecule has 11 aromatic rings. The third-order valence-corrected chi connectivity index (χ3v) is 14.2. The summed E-state index contributed by atoms with van der Waals surface area (Å²) < 4.78 is 2.61. The summed E-state index contributed by atoms with van der Waals surface area (Å²) in [5.41, 5.74) is 16.6. The molecule has 0 radical (unpaired) electrons. The largest absolute Gasteiger partial charge is 0.208 e. The van der Waals surface area contributed by atoms with Crippen molar-refractivity contribution in [3.63, 3.8) is 0 Å². The Morgan fingerprint density at radius 1 is 0.344 bits per heavy atom. The number of aromatic nitrogens is 3. The Kier molecular flexibility index (Phi) is 9.03. The summed E-state index contributed by atoms with van der Waals surface area (Å²) in [6.45, 7) is 4.31. The van der Waals surface area contributed by atoms with E-state index in [1.165, 1.54) is 70.2 Å². The first-order valence-electron chi connectivity index (χ1n) is 21.8. The van der Waals surface area contributed by atoms with Gasteiger partial charge in [-0.05, 0) is 87.7 Å². The van der Waals surface area contributed by atoms with Crippen LogP contribution >= 0.6 is 11.3 Å². The number of nitrogens with zero attached hydrogens (tertiary/aromatic N) is 3. The first kappa shape index (κ1) is 37.9. The standard InChI is InChI=1S/C60H41N3S/c1-38-19-32-46(33-20-38)60(47-34-21-39(2)22-35-47)52-16-8-6-14-49(52)56-50(15-10-17-53(56)60)59-62-57(43-27-23-41(24-28-43)40-11-4-3-5-12-40)61-58(63-59)44-29-25-42(26-30-44)45-31-36-55-51(37-45)48-13-7-9-18-54(48)64-55/h3-37H,1-2H3. The molecule has 9 aromatic carbocycles. The molecule has 0 unspecified atom stereocenters. The lowest BCUT2D eigenvalue weighted by molar-refractivity contribution is 0.767. The molecule has 302 valence electrons. The third kappa shape index (κ3) is 6.21. The van der Waals surface area contributed by atoms with E-state index in [0.717, 1.165) is 33.4 Å². The average molecular weight is 836 g/mol. The predicted molar refractivity (Wildman–Crippen MR) is 267 cm³/mol. The first-order valence-corrected chi connectivity index (χ1v) is 22.6. The molecule has 64 heavy (non-hydrogen) atoms. The van der Waals surface area contributed by atoms with Gasteiger partial charge in [0.1, 0.15) is 0 Å². The van der Waals surface area contributed by atoms with Gasteiger partial charge in [-0.25, -0.2) is 15.0 Å². The molecule has 0 bridgehead atoms. The topological polar surface area (TPSA) is 38.7 Å². The van der Waals surface area contributed by atoms with E-state index in [2.05, 4.69) is 220 Å². The maximum Gasteiger partial charge on any atom is 0.164 e. The molecule has 0 atom stereocenters. The number of hydrogen-bond donors (Lipinski definition) is 0. The van der Waals surface area contributed by atoms with E-state index in [1.807, 2.05) is 17.4 Å². The van der Waals surface area contributed by atoms with Crippen LogP contribution in [-0.2, 0) is 5.41 Å². The fourth-order valence-electron chi connectivity index (χ4n) is 9.82. The van der Waals surface area contributed by atoms with Gasteiger partial charge in [-0.15, -0.1) is 11.3 Å². The zero-order valence-corrected chi connectivity index (χ0v) is 36.3. The highest BCUT2D eigenvalue weighted by atomic mass is 32.1. The molecule has 0 N–H and O–H groups in total. The Morgan fingerprint density at radius 2 is 0.828 bits per heavy atom. The zero-order valence-electron chi connectivity index (χ0n) is 35.5. The molecule has 1 aliphatic rings. The van der Waals surface area contributed by atoms with E-state index < -0.39 is 5.41 Å². The van der Waals surface area contributed by atoms with Crippen LogP contribution in [0.25, 0.3) is 87.7 Å². The minimum Gasteiger partial charge on any atom is -0.208 e. The summed E-state index contributed by atoms with van der Waals surface area (Å²) in [7, 11) is 0. The van der Waals surface area contributed by atoms with Crippen molar-refractivity contribution >= 4 is 31.5 Å². The van der Waals surface area contributed by atoms with E-state index in [4.69, 9.17) is 15.0 Å². The van der Waals surface area contributed by atoms with Crippen molar-refractivity contribution in [1.82, 2.24) is 15.0 Å². The van der Waals surface area contributed by atoms with Crippen LogP contribution in [0.1, 0.15) is 33.4 Å². The van der Waals surface area contributed by atoms with Crippen LogP contribution in [0.4, 0.5) is 0 Å². The molecule has 1 aliphatic carbocycles. The molecule has 0 amide bonds. The van der Waals surface area contributed by atoms with Crippen LogP contribution < -0.4 is 0 Å². The smallest absolute Gasteiger partial charge is 0.164 e. The van der Waals surface area contributed by atoms with Crippen LogP contribution in [0.3, 0.4) is 0 Å². The van der Waals surface area contributed by atoms with Crippen molar-refractivity contribution in [2.24, 2.45) is 0 Å². The number of fused-ring (bicyclic) bond motifs is 6. The lowest BCUT2D eigenvalue weighted by atomic mass is 9.67. The van der Waals surface area contributed by atoms with Gasteiger partial charge < -0.3 is 0 Å². The molecule has 0 aliphatic heterocycles. The quantitative estimate of drug-likeness (QED) is 0.161. The number of aryl methyl sites for hydroxylation is 2. The van der Waals surface area contributed by atoms with E-state index in [9.17, 15) is 0 Å². The minimum atomic E-state index is -0.552. The van der Waals surface area contributed by atoms with Gasteiger partial charge in [-0.2, -0.15) is 0 Å². The summed E-state index contributed by atoms with van der Waals surface area (Å²) in [6, 6.07) is 76.9. The second-order valence-electron chi connectivity index (χ2n) is 16.9. The Labute approximate surface area is 377 Å². The lowest BCUT2D eigenvalue weighted by Crippen LogP contribution is -2.28. The van der Waals surface area contributed by atoms with Gasteiger partial charge in [-0.3, -0.25) is 0 Å². The van der Waals surface area contributed by atoms with Crippen LogP contribution in [0.15, 0.2) is 212 Å². The van der Waals surface area contributed by atoms with E-state index in [-0.39, 0.29) is 0 Å². The molecule has 0 fully saturated rings. The summed E-state index contributed by atoms with van der Waals surface area (Å²) in [4.78, 5) is 16.0. The van der Waals surface area contributed by atoms with Gasteiger partial charge in [0.05, 0.1) is 5.41 Å². The van der Waals surface area contributed by atoms with Crippen molar-refractivity contribution in [1.29, 1.82) is 0 Å². The zero-order chi connectivity index (χ0) is 42.8. The summed E-state index contributed by atoms with van der Waals surface area (Å²) in [6.07, 6.45) is 0. The van der Waals surface area contributed by atoms with E-state index in [0.29, 0.717) is 17.5 Å². The highest BCUT2D eigenvalue weighted by molar-refractivity contribution is 7.25. The van der Waals surface area contributed by atoms with Crippen molar-refractivity contribution in [2.75, 3.05) is 0 Å². The molecule has 0 saturated heterocycles. The van der Waals surface area contributed by atoms with Gasteiger partial charge in [0.2, 0.25) is 0 Å². The number of thiophene rings is 1. The Bertz CT molecular complexity index is 3490. The van der Waals surface area contributed by atoms with Gasteiger partial charge in [0, 0.05) is 36.9 Å². The third-order valence-electron chi connectivity index (χ3n) is 13.0. The Hall–Kier alpha value is -7.79. The Balaban J connectivity index is 1.04. The number of hydrogen-bond acceptors (Lipinski definition) is 4. The number of rotatable bonds is 7. The normalized spacial score (nSPS) is 12.7. The van der Waals surface area contributed by atoms with Gasteiger partial charge >= 0.3 is 0 Å². The van der Waals surface area contributed by atoms with Gasteiger partial charge in [0.25, 0.3) is 0 Å². The van der Waals surface area contributed by atoms with Crippen LogP contribution in [-0.4, -0.2) is 15.0 Å². The molecule has 0 saturated carbocycles. The first-order chi connectivity index (χ1) is 31.5. The maximum absolute atomic E-state index is 5.38. The summed E-state index contributed by atoms with van der Waals surface area (Å²) in [5, 5.41) is 2.59. The average Bonchev–Trinajstić information content (AvgIpc) is 3.88. The molecule has 2 heterocycles. The van der Waals surface area contributed by atoms with E-state index >= 15 is 0 Å². The maximum atomic E-state index is 5.38. The second kappa shape index (κ2) is 15.2. The molecule has 4 heteroatoms. The molecular weight excluding hydrogens is 795 g/mol. The van der Waals surface area contributed by atoms with Gasteiger partial charge in [-0.1, -0.05) is 205 Å². The van der Waals surface area contributed by atoms with Crippen LogP contribution in [0.2, 0.25) is 0 Å². The fourth-order valence-corrected chi connectivity index (χ4v) is 10.9. The summed E-state index contributed by atoms with van der Waals surface area (Å²) >= 11 is 1.84. The van der Waals surface area contributed by atoms with E-state index in [1.54, 1.807) is 0 Å². The highest BCUT2D eigenvalue weighted by Crippen LogP contribution is 2.58. The Morgan fingerprint density at radius 3 is 1.50 bits per heavy atom. The predicted octanol–water partition coefficient (Wildman–Crippen LogP) is 15.6. The van der Waals surface area contributed by atoms with Crippen molar-refractivity contribution in [2.45, 2.75) is 19.3 Å². The monoisotopic (exact) mass is 835 g/mol. The molecule has 2 aromatic heterocycles. The fraction of sp³-hybridized carbons (Fsp3) is 0.0500. The molecule has 3 nitrogen and oxygen atoms in total. The second-order valence-corrected chi connectivity index (χ2v) is 18.0. The highest BCUT2D eigenvalue weighted by Gasteiger charge is 2.47. The summed E-state index contributed by atoms with van der Waals surface area (Å²) in [5.74, 6) is 1.90. The number of benzene rings is 9.